The van der Waals surface area contributed by atoms with Gasteiger partial charge >= 0.3 is 11.9 Å². The Bertz CT molecular complexity index is 415. The van der Waals surface area contributed by atoms with Crippen LogP contribution in [0.1, 0.15) is 129 Å². The molecule has 0 saturated heterocycles. The highest BCUT2D eigenvalue weighted by Gasteiger charge is 2.08. The second-order valence-corrected chi connectivity index (χ2v) is 8.08. The molecule has 0 aromatic rings. The standard InChI is InChI=1S/C23H43NO5.C2H6/c25-20-21(17-18-23(28)29)24-19-15-13-11-9-7-5-3-1-2-4-6-8-10-12-14-16-22(26)27;1-2/h20-21,24H,1-19H2,(H,26,27)(H,28,29);1-2H3. The second kappa shape index (κ2) is 26.6. The third kappa shape index (κ3) is 28.6. The van der Waals surface area contributed by atoms with E-state index < -0.39 is 11.9 Å². The van der Waals surface area contributed by atoms with E-state index in [0.717, 1.165) is 38.5 Å². The smallest absolute Gasteiger partial charge is 0.303 e. The van der Waals surface area contributed by atoms with E-state index >= 15 is 0 Å². The SMILES string of the molecule is CC.O=CC(CCC(=O)O)NCCCCCCCCCCCCCCCCCC(=O)O. The molecular formula is C25H49NO5. The van der Waals surface area contributed by atoms with Gasteiger partial charge in [-0.05, 0) is 25.8 Å². The molecule has 0 fully saturated rings. The Morgan fingerprint density at radius 3 is 1.35 bits per heavy atom. The third-order valence-electron chi connectivity index (χ3n) is 5.31. The van der Waals surface area contributed by atoms with Gasteiger partial charge in [0.25, 0.3) is 0 Å². The van der Waals surface area contributed by atoms with Crippen molar-refractivity contribution in [3.05, 3.63) is 0 Å². The van der Waals surface area contributed by atoms with Crippen molar-refractivity contribution in [2.75, 3.05) is 6.54 Å². The summed E-state index contributed by atoms with van der Waals surface area (Å²) in [5.74, 6) is -1.54. The van der Waals surface area contributed by atoms with Gasteiger partial charge in [0.2, 0.25) is 0 Å². The largest absolute Gasteiger partial charge is 0.481 e. The summed E-state index contributed by atoms with van der Waals surface area (Å²) < 4.78 is 0. The first-order chi connectivity index (χ1) is 15.1. The molecule has 0 bridgehead atoms. The number of aliphatic carboxylic acids is 2. The van der Waals surface area contributed by atoms with E-state index in [1.165, 1.54) is 70.6 Å². The summed E-state index contributed by atoms with van der Waals surface area (Å²) in [6.07, 6.45) is 19.6. The van der Waals surface area contributed by atoms with E-state index in [2.05, 4.69) is 5.32 Å². The minimum Gasteiger partial charge on any atom is -0.481 e. The molecule has 0 heterocycles. The van der Waals surface area contributed by atoms with Crippen molar-refractivity contribution in [1.29, 1.82) is 0 Å². The Morgan fingerprint density at radius 2 is 1.00 bits per heavy atom. The van der Waals surface area contributed by atoms with Crippen LogP contribution >= 0.6 is 0 Å². The highest BCUT2D eigenvalue weighted by Crippen LogP contribution is 2.13. The van der Waals surface area contributed by atoms with Crippen LogP contribution in [-0.4, -0.2) is 41.0 Å². The van der Waals surface area contributed by atoms with Gasteiger partial charge in [-0.25, -0.2) is 0 Å². The molecule has 6 heteroatoms. The Balaban J connectivity index is 0. The molecular weight excluding hydrogens is 394 g/mol. The first-order valence-corrected chi connectivity index (χ1v) is 12.7. The molecule has 0 aromatic carbocycles. The van der Waals surface area contributed by atoms with Crippen LogP contribution < -0.4 is 5.32 Å². The molecule has 1 atom stereocenters. The predicted molar refractivity (Wildman–Crippen MR) is 128 cm³/mol. The molecule has 0 saturated carbocycles. The molecule has 0 aliphatic carbocycles. The lowest BCUT2D eigenvalue weighted by molar-refractivity contribution is -0.138. The van der Waals surface area contributed by atoms with Gasteiger partial charge in [0.15, 0.2) is 0 Å². The van der Waals surface area contributed by atoms with Crippen LogP contribution in [0.2, 0.25) is 0 Å². The molecule has 31 heavy (non-hydrogen) atoms. The van der Waals surface area contributed by atoms with Gasteiger partial charge in [-0.3, -0.25) is 9.59 Å². The number of carboxylic acid groups (broad SMARTS) is 2. The maximum absolute atomic E-state index is 10.9. The van der Waals surface area contributed by atoms with E-state index in [1.807, 2.05) is 13.8 Å². The molecule has 6 nitrogen and oxygen atoms in total. The zero-order valence-electron chi connectivity index (χ0n) is 20.2. The minimum absolute atomic E-state index is 0.0327. The Labute approximate surface area is 190 Å². The van der Waals surface area contributed by atoms with Gasteiger partial charge in [0.05, 0.1) is 6.04 Å². The molecule has 0 radical (unpaired) electrons. The lowest BCUT2D eigenvalue weighted by Crippen LogP contribution is -2.31. The van der Waals surface area contributed by atoms with Crippen molar-refractivity contribution in [3.8, 4) is 0 Å². The Kier molecular flexibility index (Phi) is 27.3. The van der Waals surface area contributed by atoms with Gasteiger partial charge in [0, 0.05) is 12.8 Å². The molecule has 0 rings (SSSR count). The number of carbonyl (C=O) groups excluding carboxylic acids is 1. The molecule has 0 aliphatic rings. The Morgan fingerprint density at radius 1 is 0.645 bits per heavy atom. The summed E-state index contributed by atoms with van der Waals surface area (Å²) in [6, 6.07) is -0.331. The average molecular weight is 444 g/mol. The molecule has 0 spiro atoms. The highest BCUT2D eigenvalue weighted by molar-refractivity contribution is 5.68. The summed E-state index contributed by atoms with van der Waals surface area (Å²) in [6.45, 7) is 4.78. The minimum atomic E-state index is -0.858. The van der Waals surface area contributed by atoms with E-state index in [9.17, 15) is 14.4 Å². The highest BCUT2D eigenvalue weighted by atomic mass is 16.4. The number of nitrogens with one attached hydrogen (secondary N) is 1. The van der Waals surface area contributed by atoms with Crippen LogP contribution in [0.3, 0.4) is 0 Å². The number of aldehydes is 1. The van der Waals surface area contributed by atoms with Gasteiger partial charge in [-0.1, -0.05) is 97.3 Å². The maximum Gasteiger partial charge on any atom is 0.303 e. The summed E-state index contributed by atoms with van der Waals surface area (Å²) in [5, 5.41) is 20.3. The van der Waals surface area contributed by atoms with Gasteiger partial charge in [-0.2, -0.15) is 0 Å². The van der Waals surface area contributed by atoms with Gasteiger partial charge in [0.1, 0.15) is 6.29 Å². The zero-order valence-corrected chi connectivity index (χ0v) is 20.2. The fourth-order valence-electron chi connectivity index (χ4n) is 3.48. The van der Waals surface area contributed by atoms with Crippen LogP contribution in [0.4, 0.5) is 0 Å². The molecule has 1 unspecified atom stereocenters. The van der Waals surface area contributed by atoms with E-state index in [-0.39, 0.29) is 12.5 Å². The molecule has 184 valence electrons. The van der Waals surface area contributed by atoms with E-state index in [1.54, 1.807) is 0 Å². The van der Waals surface area contributed by atoms with Crippen molar-refractivity contribution < 1.29 is 24.6 Å². The van der Waals surface area contributed by atoms with E-state index in [4.69, 9.17) is 10.2 Å². The van der Waals surface area contributed by atoms with Gasteiger partial charge < -0.3 is 20.3 Å². The lowest BCUT2D eigenvalue weighted by Gasteiger charge is -2.11. The summed E-state index contributed by atoms with van der Waals surface area (Å²) in [5.41, 5.74) is 0. The Hall–Kier alpha value is -1.43. The summed E-state index contributed by atoms with van der Waals surface area (Å²) >= 11 is 0. The van der Waals surface area contributed by atoms with Crippen LogP contribution in [-0.2, 0) is 14.4 Å². The van der Waals surface area contributed by atoms with E-state index in [0.29, 0.717) is 12.8 Å². The fourth-order valence-corrected chi connectivity index (χ4v) is 3.48. The molecule has 3 N–H and O–H groups in total. The first-order valence-electron chi connectivity index (χ1n) is 12.7. The number of hydrogen-bond donors (Lipinski definition) is 3. The average Bonchev–Trinajstić information content (AvgIpc) is 2.76. The molecule has 0 aromatic heterocycles. The number of hydrogen-bond acceptors (Lipinski definition) is 4. The zero-order chi connectivity index (χ0) is 23.6. The number of carboxylic acids is 2. The maximum atomic E-state index is 10.9. The van der Waals surface area contributed by atoms with Gasteiger partial charge in [-0.15, -0.1) is 0 Å². The quantitative estimate of drug-likeness (QED) is 0.125. The van der Waals surface area contributed by atoms with Crippen LogP contribution in [0.15, 0.2) is 0 Å². The van der Waals surface area contributed by atoms with Crippen LogP contribution in [0.5, 0.6) is 0 Å². The van der Waals surface area contributed by atoms with Crippen molar-refractivity contribution in [1.82, 2.24) is 5.32 Å². The topological polar surface area (TPSA) is 104 Å². The van der Waals surface area contributed by atoms with Crippen molar-refractivity contribution in [2.45, 2.75) is 135 Å². The van der Waals surface area contributed by atoms with Crippen molar-refractivity contribution in [3.63, 3.8) is 0 Å². The summed E-state index contributed by atoms with van der Waals surface area (Å²) in [7, 11) is 0. The third-order valence-corrected chi connectivity index (χ3v) is 5.31. The number of unbranched alkanes of at least 4 members (excludes halogenated alkanes) is 14. The molecule has 0 amide bonds. The van der Waals surface area contributed by atoms with Crippen LogP contribution in [0, 0.1) is 0 Å². The monoisotopic (exact) mass is 443 g/mol. The lowest BCUT2D eigenvalue weighted by atomic mass is 10.0. The normalized spacial score (nSPS) is 11.4. The fraction of sp³-hybridized carbons (Fsp3) is 0.880. The number of rotatable bonds is 23. The molecule has 0 aliphatic heterocycles. The second-order valence-electron chi connectivity index (χ2n) is 8.08. The van der Waals surface area contributed by atoms with Crippen molar-refractivity contribution >= 4 is 18.2 Å². The van der Waals surface area contributed by atoms with Crippen LogP contribution in [0.25, 0.3) is 0 Å². The summed E-state index contributed by atoms with van der Waals surface area (Å²) in [4.78, 5) is 31.8. The number of carbonyl (C=O) groups is 3. The first kappa shape index (κ1) is 31.8. The predicted octanol–water partition coefficient (Wildman–Crippen LogP) is 6.36. The van der Waals surface area contributed by atoms with Crippen molar-refractivity contribution in [2.24, 2.45) is 0 Å².